The highest BCUT2D eigenvalue weighted by atomic mass is 35.5. The van der Waals surface area contributed by atoms with Gasteiger partial charge in [0.1, 0.15) is 12.8 Å². The molecule has 3 fully saturated rings. The number of ether oxygens (including phenoxy) is 1. The number of Topliss-reactive ketones (excluding diaryl/α,β-unsaturated/α-hetero) is 1. The van der Waals surface area contributed by atoms with Crippen molar-refractivity contribution in [3.8, 4) is 0 Å². The van der Waals surface area contributed by atoms with Crippen molar-refractivity contribution in [2.24, 2.45) is 39.9 Å². The van der Waals surface area contributed by atoms with E-state index in [9.17, 15) is 19.5 Å². The number of halogens is 2. The van der Waals surface area contributed by atoms with Gasteiger partial charge in [-0.05, 0) is 80.9 Å². The second kappa shape index (κ2) is 7.99. The molecular formula is C27H36ClFO5. The smallest absolute Gasteiger partial charge is 0.311 e. The largest absolute Gasteiger partial charge is 0.457 e. The number of hydrogen-bond acceptors (Lipinski definition) is 5. The average molecular weight is 495 g/mol. The number of ketones is 2. The van der Waals surface area contributed by atoms with E-state index >= 15 is 4.39 Å². The van der Waals surface area contributed by atoms with E-state index in [2.05, 4.69) is 0 Å². The fourth-order valence-corrected chi connectivity index (χ4v) is 8.19. The summed E-state index contributed by atoms with van der Waals surface area (Å²) in [6, 6.07) is 0. The van der Waals surface area contributed by atoms with Crippen molar-refractivity contribution in [2.45, 2.75) is 78.0 Å². The topological polar surface area (TPSA) is 80.7 Å². The van der Waals surface area contributed by atoms with E-state index < -0.39 is 45.3 Å². The number of alkyl halides is 2. The molecule has 4 aliphatic rings. The maximum atomic E-state index is 15.5. The average Bonchev–Trinajstić information content (AvgIpc) is 2.99. The van der Waals surface area contributed by atoms with Crippen LogP contribution >= 0.6 is 11.6 Å². The van der Waals surface area contributed by atoms with Crippen molar-refractivity contribution < 1.29 is 28.6 Å². The van der Waals surface area contributed by atoms with E-state index in [1.807, 2.05) is 20.8 Å². The van der Waals surface area contributed by atoms with E-state index in [4.69, 9.17) is 16.3 Å². The molecule has 188 valence electrons. The van der Waals surface area contributed by atoms with Crippen molar-refractivity contribution in [1.29, 1.82) is 0 Å². The first-order chi connectivity index (χ1) is 15.6. The molecule has 5 nitrogen and oxygen atoms in total. The fraction of sp³-hybridized carbons (Fsp3) is 0.741. The Morgan fingerprint density at radius 2 is 1.88 bits per heavy atom. The van der Waals surface area contributed by atoms with Gasteiger partial charge in [0.05, 0.1) is 16.4 Å². The molecule has 0 aliphatic heterocycles. The maximum Gasteiger partial charge on any atom is 0.311 e. The van der Waals surface area contributed by atoms with Gasteiger partial charge in [-0.3, -0.25) is 14.4 Å². The molecule has 0 amide bonds. The first kappa shape index (κ1) is 25.6. The van der Waals surface area contributed by atoms with E-state index in [0.717, 1.165) is 0 Å². The summed E-state index contributed by atoms with van der Waals surface area (Å²) in [6.45, 7) is 10.7. The van der Waals surface area contributed by atoms with Gasteiger partial charge in [0.15, 0.2) is 11.6 Å². The van der Waals surface area contributed by atoms with Crippen LogP contribution in [0, 0.1) is 39.9 Å². The maximum absolute atomic E-state index is 15.5. The van der Waals surface area contributed by atoms with Gasteiger partial charge in [-0.1, -0.05) is 26.8 Å². The van der Waals surface area contributed by atoms with Gasteiger partial charge >= 0.3 is 5.97 Å². The fourth-order valence-electron chi connectivity index (χ4n) is 7.70. The van der Waals surface area contributed by atoms with E-state index in [1.165, 1.54) is 12.2 Å². The highest BCUT2D eigenvalue weighted by Gasteiger charge is 2.71. The molecule has 9 atom stereocenters. The molecular weight excluding hydrogens is 459 g/mol. The van der Waals surface area contributed by atoms with Gasteiger partial charge < -0.3 is 9.84 Å². The second-order valence-corrected chi connectivity index (χ2v) is 13.1. The van der Waals surface area contributed by atoms with Gasteiger partial charge in [0, 0.05) is 11.3 Å². The van der Waals surface area contributed by atoms with Crippen LogP contribution in [0.2, 0.25) is 0 Å². The Bertz CT molecular complexity index is 982. The highest BCUT2D eigenvalue weighted by Crippen LogP contribution is 2.70. The summed E-state index contributed by atoms with van der Waals surface area (Å²) in [4.78, 5) is 36.4. The first-order valence-corrected chi connectivity index (χ1v) is 12.6. The number of aliphatic hydroxyl groups excluding tert-OH is 1. The van der Waals surface area contributed by atoms with Crippen LogP contribution in [-0.2, 0) is 19.1 Å². The zero-order valence-corrected chi connectivity index (χ0v) is 21.6. The van der Waals surface area contributed by atoms with Gasteiger partial charge in [0.2, 0.25) is 0 Å². The number of hydrogen-bond donors (Lipinski definition) is 1. The monoisotopic (exact) mass is 494 g/mol. The lowest BCUT2D eigenvalue weighted by atomic mass is 9.46. The summed E-state index contributed by atoms with van der Waals surface area (Å²) >= 11 is 7.34. The van der Waals surface area contributed by atoms with Crippen molar-refractivity contribution >= 4 is 29.1 Å². The van der Waals surface area contributed by atoms with Crippen LogP contribution in [0.3, 0.4) is 0 Å². The van der Waals surface area contributed by atoms with Gasteiger partial charge in [-0.25, -0.2) is 4.39 Å². The normalized spacial score (nSPS) is 45.7. The van der Waals surface area contributed by atoms with Crippen LogP contribution in [0.4, 0.5) is 4.39 Å². The minimum Gasteiger partial charge on any atom is -0.457 e. The molecule has 3 saturated carbocycles. The Labute approximate surface area is 206 Å². The number of aliphatic hydroxyl groups is 1. The van der Waals surface area contributed by atoms with E-state index in [0.29, 0.717) is 12.0 Å². The summed E-state index contributed by atoms with van der Waals surface area (Å²) in [5.74, 6) is -1.77. The number of esters is 1. The molecule has 4 aliphatic carbocycles. The van der Waals surface area contributed by atoms with Gasteiger partial charge in [-0.15, -0.1) is 11.6 Å². The summed E-state index contributed by atoms with van der Waals surface area (Å²) in [5.41, 5.74) is -1.97. The molecule has 0 saturated heterocycles. The van der Waals surface area contributed by atoms with Crippen LogP contribution in [0.25, 0.3) is 0 Å². The third-order valence-electron chi connectivity index (χ3n) is 9.27. The predicted molar refractivity (Wildman–Crippen MR) is 127 cm³/mol. The van der Waals surface area contributed by atoms with Crippen molar-refractivity contribution in [3.05, 3.63) is 23.8 Å². The van der Waals surface area contributed by atoms with Crippen LogP contribution < -0.4 is 0 Å². The molecule has 1 N–H and O–H groups in total. The summed E-state index contributed by atoms with van der Waals surface area (Å²) < 4.78 is 20.9. The summed E-state index contributed by atoms with van der Waals surface area (Å²) in [6.07, 6.45) is 3.13. The minimum absolute atomic E-state index is 0.0201. The number of carbonyl (C=O) groups excluding carboxylic acids is 3. The SMILES string of the molecule is C[C@@H]1C[C@H]2[C@@H]3C[C@@H](F)C4=CC(=O)C=C[C@]4(C)[C@@]3(Cl)[C@@H](O)C[C@]2(C)[C@H]1C(=O)COC(=O)C(C)(C)C. The number of rotatable bonds is 3. The van der Waals surface area contributed by atoms with Crippen LogP contribution in [-0.4, -0.2) is 46.4 Å². The number of carbonyl (C=O) groups is 3. The first-order valence-electron chi connectivity index (χ1n) is 12.2. The third kappa shape index (κ3) is 3.46. The molecule has 34 heavy (non-hydrogen) atoms. The second-order valence-electron chi connectivity index (χ2n) is 12.4. The third-order valence-corrected chi connectivity index (χ3v) is 10.2. The lowest BCUT2D eigenvalue weighted by Gasteiger charge is -2.63. The lowest BCUT2D eigenvalue weighted by molar-refractivity contribution is -0.159. The zero-order chi connectivity index (χ0) is 25.4. The Morgan fingerprint density at radius 1 is 1.24 bits per heavy atom. The lowest BCUT2D eigenvalue weighted by Crippen LogP contribution is -2.67. The van der Waals surface area contributed by atoms with Crippen LogP contribution in [0.5, 0.6) is 0 Å². The van der Waals surface area contributed by atoms with E-state index in [-0.39, 0.29) is 48.8 Å². The van der Waals surface area contributed by atoms with Gasteiger partial charge in [0.25, 0.3) is 0 Å². The molecule has 0 aromatic heterocycles. The molecule has 0 unspecified atom stereocenters. The van der Waals surface area contributed by atoms with Crippen LogP contribution in [0.15, 0.2) is 23.8 Å². The van der Waals surface area contributed by atoms with Crippen molar-refractivity contribution in [1.82, 2.24) is 0 Å². The molecule has 0 heterocycles. The molecule has 0 radical (unpaired) electrons. The molecule has 0 aromatic carbocycles. The summed E-state index contributed by atoms with van der Waals surface area (Å²) in [5, 5.41) is 11.5. The standard InChI is InChI=1S/C27H36ClFO5/c1-14-9-16-17-11-19(29)18-10-15(30)7-8-26(18,6)27(17,28)21(32)12-25(16,5)22(14)20(31)13-34-23(33)24(2,3)4/h7-8,10,14,16-17,19,21-22,32H,9,11-13H2,1-6H3/t14-,16+,17+,19-,21+,22-,25+,26+,27+/m1/s1. The molecule has 0 bridgehead atoms. The molecule has 4 rings (SSSR count). The number of fused-ring (bicyclic) bond motifs is 5. The van der Waals surface area contributed by atoms with Crippen LogP contribution in [0.1, 0.15) is 60.8 Å². The van der Waals surface area contributed by atoms with Gasteiger partial charge in [-0.2, -0.15) is 0 Å². The Morgan fingerprint density at radius 3 is 2.50 bits per heavy atom. The van der Waals surface area contributed by atoms with E-state index in [1.54, 1.807) is 26.8 Å². The minimum atomic E-state index is -1.34. The highest BCUT2D eigenvalue weighted by molar-refractivity contribution is 6.26. The molecule has 0 spiro atoms. The Balaban J connectivity index is 1.67. The quantitative estimate of drug-likeness (QED) is 0.458. The molecule has 0 aromatic rings. The molecule has 7 heteroatoms. The predicted octanol–water partition coefficient (Wildman–Crippen LogP) is 4.60. The van der Waals surface area contributed by atoms with Crippen molar-refractivity contribution in [3.63, 3.8) is 0 Å². The number of allylic oxidation sites excluding steroid dienone is 4. The summed E-state index contributed by atoms with van der Waals surface area (Å²) in [7, 11) is 0. The zero-order valence-electron chi connectivity index (χ0n) is 20.9. The van der Waals surface area contributed by atoms with Crippen molar-refractivity contribution in [2.75, 3.05) is 6.61 Å². The Hall–Kier alpha value is -1.53. The Kier molecular flexibility index (Phi) is 6.01.